The number of ether oxygens (including phenoxy) is 1. The summed E-state index contributed by atoms with van der Waals surface area (Å²) in [6.45, 7) is 5.77. The predicted octanol–water partition coefficient (Wildman–Crippen LogP) is 1.69. The molecule has 0 aromatic carbocycles. The van der Waals surface area contributed by atoms with Crippen LogP contribution in [0, 0.1) is 0 Å². The Kier molecular flexibility index (Phi) is 2.73. The zero-order valence-electron chi connectivity index (χ0n) is 7.39. The standard InChI is InChI=1S/C7H16OSi/c1-9(2)7-5-3-4-6-8-7/h7,9H,3-6H2,1-2H3/p+1. The van der Waals surface area contributed by atoms with E-state index in [9.17, 15) is 0 Å². The van der Waals surface area contributed by atoms with E-state index in [1.807, 2.05) is 0 Å². The van der Waals surface area contributed by atoms with Gasteiger partial charge in [0.1, 0.15) is 0 Å². The van der Waals surface area contributed by atoms with Crippen molar-refractivity contribution >= 4 is 8.80 Å². The van der Waals surface area contributed by atoms with E-state index in [4.69, 9.17) is 4.74 Å². The third-order valence-electron chi connectivity index (χ3n) is 1.96. The van der Waals surface area contributed by atoms with Crippen LogP contribution in [0.3, 0.4) is 0 Å². The van der Waals surface area contributed by atoms with Gasteiger partial charge in [0.2, 0.25) is 0 Å². The van der Waals surface area contributed by atoms with E-state index in [-0.39, 0.29) is 1.43 Å². The fraction of sp³-hybridized carbons (Fsp3) is 1.00. The van der Waals surface area contributed by atoms with Crippen molar-refractivity contribution in [1.82, 2.24) is 0 Å². The summed E-state index contributed by atoms with van der Waals surface area (Å²) >= 11 is 0. The van der Waals surface area contributed by atoms with Gasteiger partial charge in [-0.2, -0.15) is 0 Å². The Bertz CT molecular complexity index is 81.7. The lowest BCUT2D eigenvalue weighted by atomic mass is 10.2. The molecule has 1 nitrogen and oxygen atoms in total. The Morgan fingerprint density at radius 3 is 2.56 bits per heavy atom. The third kappa shape index (κ3) is 2.10. The van der Waals surface area contributed by atoms with E-state index in [0.717, 1.165) is 6.61 Å². The fourth-order valence-electron chi connectivity index (χ4n) is 1.29. The molecule has 1 unspecified atom stereocenters. The second kappa shape index (κ2) is 3.37. The first-order valence-corrected chi connectivity index (χ1v) is 6.90. The van der Waals surface area contributed by atoms with Crippen molar-refractivity contribution < 1.29 is 6.16 Å². The van der Waals surface area contributed by atoms with Gasteiger partial charge >= 0.3 is 1.43 Å². The molecule has 1 rings (SSSR count). The molecule has 0 N–H and O–H groups in total. The van der Waals surface area contributed by atoms with Crippen molar-refractivity contribution in [3.05, 3.63) is 0 Å². The van der Waals surface area contributed by atoms with Gasteiger partial charge in [-0.25, -0.2) is 0 Å². The zero-order valence-corrected chi connectivity index (χ0v) is 7.55. The molecule has 0 radical (unpaired) electrons. The Morgan fingerprint density at radius 2 is 2.22 bits per heavy atom. The molecule has 9 heavy (non-hydrogen) atoms. The van der Waals surface area contributed by atoms with Crippen molar-refractivity contribution in [2.75, 3.05) is 6.61 Å². The smallest absolute Gasteiger partial charge is 0.382 e. The van der Waals surface area contributed by atoms with Gasteiger partial charge < -0.3 is 4.74 Å². The maximum absolute atomic E-state index is 5.60. The number of rotatable bonds is 1. The molecule has 54 valence electrons. The molecule has 1 aliphatic rings. The Hall–Kier alpha value is 0.177. The van der Waals surface area contributed by atoms with Crippen LogP contribution in [-0.4, -0.2) is 21.1 Å². The van der Waals surface area contributed by atoms with Crippen LogP contribution >= 0.6 is 0 Å². The highest BCUT2D eigenvalue weighted by Gasteiger charge is 2.17. The van der Waals surface area contributed by atoms with Crippen molar-refractivity contribution in [1.29, 1.82) is 0 Å². The minimum Gasteiger partial charge on any atom is -0.382 e. The Balaban J connectivity index is 0.000000810. The van der Waals surface area contributed by atoms with Crippen LogP contribution in [0.2, 0.25) is 13.1 Å². The summed E-state index contributed by atoms with van der Waals surface area (Å²) < 4.78 is 5.60. The van der Waals surface area contributed by atoms with Gasteiger partial charge in [-0.1, -0.05) is 13.1 Å². The summed E-state index contributed by atoms with van der Waals surface area (Å²) in [6.07, 6.45) is 4.03. The zero-order chi connectivity index (χ0) is 6.69. The van der Waals surface area contributed by atoms with Crippen LogP contribution in [-0.2, 0) is 4.74 Å². The minimum absolute atomic E-state index is 0. The Labute approximate surface area is 60.5 Å². The SMILES string of the molecule is C[SiH](C)C1CCCCO1.[H+]. The van der Waals surface area contributed by atoms with Crippen LogP contribution in [0.25, 0.3) is 0 Å². The lowest BCUT2D eigenvalue weighted by molar-refractivity contribution is 0.0631. The average molecular weight is 145 g/mol. The van der Waals surface area contributed by atoms with Gasteiger partial charge in [0.05, 0.1) is 8.80 Å². The van der Waals surface area contributed by atoms with Crippen molar-refractivity contribution in [2.24, 2.45) is 0 Å². The van der Waals surface area contributed by atoms with Crippen LogP contribution in [0.5, 0.6) is 0 Å². The van der Waals surface area contributed by atoms with Crippen molar-refractivity contribution in [3.63, 3.8) is 0 Å². The van der Waals surface area contributed by atoms with Crippen LogP contribution in [0.15, 0.2) is 0 Å². The number of hydrogen-bond acceptors (Lipinski definition) is 1. The topological polar surface area (TPSA) is 9.23 Å². The van der Waals surface area contributed by atoms with Crippen molar-refractivity contribution in [3.8, 4) is 0 Å². The van der Waals surface area contributed by atoms with Gasteiger partial charge in [-0.05, 0) is 19.3 Å². The van der Waals surface area contributed by atoms with Crippen LogP contribution in [0.1, 0.15) is 20.7 Å². The quantitative estimate of drug-likeness (QED) is 0.510. The van der Waals surface area contributed by atoms with E-state index in [1.54, 1.807) is 0 Å². The lowest BCUT2D eigenvalue weighted by Crippen LogP contribution is -2.31. The highest BCUT2D eigenvalue weighted by atomic mass is 28.3. The molecule has 1 aliphatic heterocycles. The van der Waals surface area contributed by atoms with Gasteiger partial charge in [0, 0.05) is 12.3 Å². The van der Waals surface area contributed by atoms with Gasteiger partial charge in [-0.15, -0.1) is 0 Å². The van der Waals surface area contributed by atoms with E-state index in [0.29, 0.717) is 5.73 Å². The lowest BCUT2D eigenvalue weighted by Gasteiger charge is -2.24. The molecule has 0 aromatic heterocycles. The van der Waals surface area contributed by atoms with Gasteiger partial charge in [0.15, 0.2) is 0 Å². The van der Waals surface area contributed by atoms with E-state index in [2.05, 4.69) is 13.1 Å². The monoisotopic (exact) mass is 145 g/mol. The summed E-state index contributed by atoms with van der Waals surface area (Å²) in [5.41, 5.74) is 0.693. The highest BCUT2D eigenvalue weighted by Crippen LogP contribution is 2.14. The minimum atomic E-state index is -0.474. The molecule has 1 fully saturated rings. The third-order valence-corrected chi connectivity index (χ3v) is 3.97. The van der Waals surface area contributed by atoms with Crippen LogP contribution < -0.4 is 0 Å². The molecule has 1 saturated heterocycles. The molecular formula is C7H17OSi+. The maximum atomic E-state index is 5.60. The summed E-state index contributed by atoms with van der Waals surface area (Å²) in [6, 6.07) is 0. The molecular weight excluding hydrogens is 128 g/mol. The second-order valence-corrected chi connectivity index (χ2v) is 6.38. The summed E-state index contributed by atoms with van der Waals surface area (Å²) in [5, 5.41) is 0. The van der Waals surface area contributed by atoms with E-state index in [1.165, 1.54) is 19.3 Å². The molecule has 0 amide bonds. The highest BCUT2D eigenvalue weighted by molar-refractivity contribution is 6.57. The summed E-state index contributed by atoms with van der Waals surface area (Å²) in [7, 11) is -0.474. The summed E-state index contributed by atoms with van der Waals surface area (Å²) in [5.74, 6) is 0. The van der Waals surface area contributed by atoms with Crippen LogP contribution in [0.4, 0.5) is 0 Å². The predicted molar refractivity (Wildman–Crippen MR) is 43.6 cm³/mol. The molecule has 0 aromatic rings. The molecule has 1 atom stereocenters. The fourth-order valence-corrected chi connectivity index (χ4v) is 2.71. The van der Waals surface area contributed by atoms with E-state index >= 15 is 0 Å². The first-order chi connectivity index (χ1) is 4.30. The summed E-state index contributed by atoms with van der Waals surface area (Å²) in [4.78, 5) is 0. The largest absolute Gasteiger partial charge is 1.00 e. The van der Waals surface area contributed by atoms with Crippen molar-refractivity contribution in [2.45, 2.75) is 38.1 Å². The number of hydrogen-bond donors (Lipinski definition) is 0. The molecule has 0 saturated carbocycles. The molecule has 2 heteroatoms. The molecule has 1 heterocycles. The van der Waals surface area contributed by atoms with Gasteiger partial charge in [0.25, 0.3) is 0 Å². The average Bonchev–Trinajstić information content (AvgIpc) is 1.90. The van der Waals surface area contributed by atoms with E-state index < -0.39 is 8.80 Å². The maximum Gasteiger partial charge on any atom is 1.00 e. The first-order valence-electron chi connectivity index (χ1n) is 3.92. The molecule has 0 bridgehead atoms. The first kappa shape index (κ1) is 7.29. The normalized spacial score (nSPS) is 29.0. The second-order valence-electron chi connectivity index (χ2n) is 3.15. The van der Waals surface area contributed by atoms with Gasteiger partial charge in [-0.3, -0.25) is 0 Å². The Morgan fingerprint density at radius 1 is 1.44 bits per heavy atom. The molecule has 0 aliphatic carbocycles. The molecule has 0 spiro atoms.